The highest BCUT2D eigenvalue weighted by atomic mass is 32.2. The van der Waals surface area contributed by atoms with Crippen molar-refractivity contribution in [2.45, 2.75) is 17.8 Å². The largest absolute Gasteiger partial charge is 0.345 e. The lowest BCUT2D eigenvalue weighted by Gasteiger charge is -2.29. The van der Waals surface area contributed by atoms with Gasteiger partial charge in [0, 0.05) is 67.4 Å². The van der Waals surface area contributed by atoms with Crippen molar-refractivity contribution >= 4 is 46.2 Å². The Balaban J connectivity index is 1.38. The van der Waals surface area contributed by atoms with Crippen LogP contribution in [0, 0.1) is 0 Å². The van der Waals surface area contributed by atoms with Gasteiger partial charge in [-0.25, -0.2) is 4.98 Å². The SMILES string of the molecule is CN1CCSC(c2ccc(Nc3ncc4cc(C(=O)N(C)C)c(=O)n(C5Cc6ccccc6C(=O)N5)c4n3)cc2)C1. The first-order valence-corrected chi connectivity index (χ1v) is 14.5. The molecule has 1 fully saturated rings. The van der Waals surface area contributed by atoms with Gasteiger partial charge in [-0.15, -0.1) is 0 Å². The van der Waals surface area contributed by atoms with Crippen LogP contribution in [-0.2, 0) is 6.42 Å². The highest BCUT2D eigenvalue weighted by molar-refractivity contribution is 7.99. The Morgan fingerprint density at radius 1 is 1.12 bits per heavy atom. The molecule has 0 aliphatic carbocycles. The van der Waals surface area contributed by atoms with Crippen molar-refractivity contribution in [1.82, 2.24) is 29.7 Å². The lowest BCUT2D eigenvalue weighted by Crippen LogP contribution is -2.44. The van der Waals surface area contributed by atoms with E-state index in [1.807, 2.05) is 36.0 Å². The van der Waals surface area contributed by atoms with E-state index in [0.717, 1.165) is 30.1 Å². The van der Waals surface area contributed by atoms with Crippen molar-refractivity contribution in [3.8, 4) is 0 Å². The number of benzene rings is 2. The van der Waals surface area contributed by atoms with Crippen molar-refractivity contribution in [2.24, 2.45) is 0 Å². The van der Waals surface area contributed by atoms with Gasteiger partial charge < -0.3 is 20.4 Å². The molecule has 4 heterocycles. The molecule has 210 valence electrons. The molecular weight excluding hydrogens is 538 g/mol. The Bertz CT molecular complexity index is 1700. The van der Waals surface area contributed by atoms with E-state index in [-0.39, 0.29) is 11.5 Å². The van der Waals surface area contributed by atoms with Crippen LogP contribution >= 0.6 is 11.8 Å². The van der Waals surface area contributed by atoms with Gasteiger partial charge in [-0.1, -0.05) is 30.3 Å². The third kappa shape index (κ3) is 5.30. The maximum absolute atomic E-state index is 13.8. The second-order valence-electron chi connectivity index (χ2n) is 10.6. The van der Waals surface area contributed by atoms with Gasteiger partial charge in [-0.05, 0) is 42.4 Å². The molecule has 2 unspecified atom stereocenters. The lowest BCUT2D eigenvalue weighted by atomic mass is 9.98. The molecule has 2 aliphatic heterocycles. The Morgan fingerprint density at radius 3 is 2.66 bits per heavy atom. The Labute approximate surface area is 241 Å². The van der Waals surface area contributed by atoms with Gasteiger partial charge in [0.1, 0.15) is 17.4 Å². The van der Waals surface area contributed by atoms with Gasteiger partial charge >= 0.3 is 0 Å². The number of amides is 2. The van der Waals surface area contributed by atoms with E-state index in [4.69, 9.17) is 4.98 Å². The summed E-state index contributed by atoms with van der Waals surface area (Å²) in [5.74, 6) is 0.705. The molecular formula is C30H31N7O3S. The summed E-state index contributed by atoms with van der Waals surface area (Å²) in [6.07, 6.45) is 1.24. The molecule has 1 saturated heterocycles. The topological polar surface area (TPSA) is 112 Å². The van der Waals surface area contributed by atoms with E-state index in [2.05, 4.69) is 39.7 Å². The first-order valence-electron chi connectivity index (χ1n) is 13.5. The third-order valence-corrected chi connectivity index (χ3v) is 8.74. The van der Waals surface area contributed by atoms with Crippen molar-refractivity contribution in [3.63, 3.8) is 0 Å². The van der Waals surface area contributed by atoms with Crippen LogP contribution in [0.3, 0.4) is 0 Å². The zero-order valence-electron chi connectivity index (χ0n) is 23.1. The summed E-state index contributed by atoms with van der Waals surface area (Å²) in [5, 5.41) is 7.14. The molecule has 4 aromatic rings. The molecule has 2 aromatic carbocycles. The molecule has 6 rings (SSSR count). The summed E-state index contributed by atoms with van der Waals surface area (Å²) in [5.41, 5.74) is 3.26. The number of hydrogen-bond acceptors (Lipinski definition) is 8. The molecule has 2 atom stereocenters. The Kier molecular flexibility index (Phi) is 7.22. The number of thioether (sulfide) groups is 1. The number of nitrogens with one attached hydrogen (secondary N) is 2. The number of pyridine rings is 1. The van der Waals surface area contributed by atoms with Gasteiger partial charge in [-0.2, -0.15) is 16.7 Å². The molecule has 0 spiro atoms. The first kappa shape index (κ1) is 27.0. The number of carbonyl (C=O) groups excluding carboxylic acids is 2. The normalized spacial score (nSPS) is 19.0. The molecule has 10 nitrogen and oxygen atoms in total. The maximum atomic E-state index is 13.8. The number of likely N-dealkylation sites (N-methyl/N-ethyl adjacent to an activating group) is 1. The number of carbonyl (C=O) groups is 2. The van der Waals surface area contributed by atoms with E-state index < -0.39 is 17.6 Å². The second-order valence-corrected chi connectivity index (χ2v) is 11.9. The molecule has 2 amide bonds. The van der Waals surface area contributed by atoms with Crippen LogP contribution in [0.4, 0.5) is 11.6 Å². The van der Waals surface area contributed by atoms with Crippen LogP contribution in [0.25, 0.3) is 11.0 Å². The number of aromatic nitrogens is 3. The average molecular weight is 570 g/mol. The van der Waals surface area contributed by atoms with Crippen molar-refractivity contribution in [3.05, 3.63) is 93.4 Å². The van der Waals surface area contributed by atoms with Gasteiger partial charge in [-0.3, -0.25) is 19.0 Å². The summed E-state index contributed by atoms with van der Waals surface area (Å²) < 4.78 is 1.41. The van der Waals surface area contributed by atoms with Crippen molar-refractivity contribution in [2.75, 3.05) is 45.3 Å². The minimum Gasteiger partial charge on any atom is -0.345 e. The quantitative estimate of drug-likeness (QED) is 0.376. The maximum Gasteiger partial charge on any atom is 0.266 e. The summed E-state index contributed by atoms with van der Waals surface area (Å²) >= 11 is 1.97. The van der Waals surface area contributed by atoms with E-state index >= 15 is 0 Å². The Morgan fingerprint density at radius 2 is 1.90 bits per heavy atom. The summed E-state index contributed by atoms with van der Waals surface area (Å²) in [6, 6.07) is 17.1. The highest BCUT2D eigenvalue weighted by Gasteiger charge is 2.29. The molecule has 11 heteroatoms. The number of anilines is 2. The summed E-state index contributed by atoms with van der Waals surface area (Å²) in [7, 11) is 5.33. The monoisotopic (exact) mass is 569 g/mol. The first-order chi connectivity index (χ1) is 19.8. The number of hydrogen-bond donors (Lipinski definition) is 2. The highest BCUT2D eigenvalue weighted by Crippen LogP contribution is 2.33. The van der Waals surface area contributed by atoms with Crippen molar-refractivity contribution < 1.29 is 9.59 Å². The molecule has 2 aromatic heterocycles. The fourth-order valence-electron chi connectivity index (χ4n) is 5.32. The third-order valence-electron chi connectivity index (χ3n) is 7.50. The van der Waals surface area contributed by atoms with Crippen molar-refractivity contribution in [1.29, 1.82) is 0 Å². The van der Waals surface area contributed by atoms with Gasteiger partial charge in [0.25, 0.3) is 17.4 Å². The zero-order valence-corrected chi connectivity index (χ0v) is 23.9. The van der Waals surface area contributed by atoms with Crippen LogP contribution in [-0.4, -0.2) is 76.1 Å². The predicted molar refractivity (Wildman–Crippen MR) is 161 cm³/mol. The van der Waals surface area contributed by atoms with Gasteiger partial charge in [0.05, 0.1) is 0 Å². The average Bonchev–Trinajstić information content (AvgIpc) is 2.97. The Hall–Kier alpha value is -4.22. The standard InChI is InChI=1S/C30H31N7O3S/c1-35(2)28(39)23-14-20-16-31-30(32-21-10-8-18(9-11-21)24-17-36(3)12-13-41-24)34-26(20)37(29(23)40)25-15-19-6-4-5-7-22(19)27(38)33-25/h4-11,14,16,24-25H,12-13,15,17H2,1-3H3,(H,33,38)(H,31,32,34). The molecule has 2 N–H and O–H groups in total. The zero-order chi connectivity index (χ0) is 28.7. The van der Waals surface area contributed by atoms with E-state index in [1.54, 1.807) is 32.4 Å². The van der Waals surface area contributed by atoms with Crippen LogP contribution in [0.5, 0.6) is 0 Å². The van der Waals surface area contributed by atoms with E-state index in [9.17, 15) is 14.4 Å². The number of rotatable bonds is 5. The molecule has 0 bridgehead atoms. The fraction of sp³-hybridized carbons (Fsp3) is 0.300. The molecule has 0 saturated carbocycles. The molecule has 41 heavy (non-hydrogen) atoms. The minimum absolute atomic E-state index is 0.0123. The number of nitrogens with zero attached hydrogens (tertiary/aromatic N) is 5. The lowest BCUT2D eigenvalue weighted by molar-refractivity contribution is 0.0825. The van der Waals surface area contributed by atoms with Gasteiger partial charge in [0.15, 0.2) is 0 Å². The molecule has 2 aliphatic rings. The van der Waals surface area contributed by atoms with E-state index in [1.165, 1.54) is 21.1 Å². The molecule has 0 radical (unpaired) electrons. The fourth-order valence-corrected chi connectivity index (χ4v) is 6.73. The smallest absolute Gasteiger partial charge is 0.266 e. The van der Waals surface area contributed by atoms with Crippen LogP contribution < -0.4 is 16.2 Å². The minimum atomic E-state index is -0.726. The predicted octanol–water partition coefficient (Wildman–Crippen LogP) is 3.44. The van der Waals surface area contributed by atoms with Gasteiger partial charge in [0.2, 0.25) is 5.95 Å². The van der Waals surface area contributed by atoms with Crippen LogP contribution in [0.2, 0.25) is 0 Å². The second kappa shape index (κ2) is 11.0. The van der Waals surface area contributed by atoms with E-state index in [0.29, 0.717) is 34.2 Å². The van der Waals surface area contributed by atoms with Crippen LogP contribution in [0.1, 0.15) is 43.3 Å². The summed E-state index contributed by atoms with van der Waals surface area (Å²) in [4.78, 5) is 52.6. The summed E-state index contributed by atoms with van der Waals surface area (Å²) in [6.45, 7) is 2.12. The van der Waals surface area contributed by atoms with Crippen LogP contribution in [0.15, 0.2) is 65.6 Å². The number of fused-ring (bicyclic) bond motifs is 2.